The highest BCUT2D eigenvalue weighted by Crippen LogP contribution is 2.05. The van der Waals surface area contributed by atoms with Crippen molar-refractivity contribution >= 4 is 28.4 Å². The standard InChI is InChI=1S/C4H4IN3O/c5-2-1-7-4(9)8-3(2)6/h1H,(H3,6,7,8,9). The van der Waals surface area contributed by atoms with Crippen LogP contribution in [0, 0.1) is 3.57 Å². The highest BCUT2D eigenvalue weighted by atomic mass is 127. The van der Waals surface area contributed by atoms with Gasteiger partial charge in [-0.1, -0.05) is 0 Å². The quantitative estimate of drug-likeness (QED) is 0.621. The van der Waals surface area contributed by atoms with E-state index in [9.17, 15) is 4.79 Å². The summed E-state index contributed by atoms with van der Waals surface area (Å²) >= 11 is 1.98. The molecule has 1 heterocycles. The molecular formula is C4H4IN3O. The Morgan fingerprint density at radius 1 is 1.78 bits per heavy atom. The third kappa shape index (κ3) is 1.41. The Balaban J connectivity index is 3.34. The summed E-state index contributed by atoms with van der Waals surface area (Å²) in [6.45, 7) is 0. The van der Waals surface area contributed by atoms with Crippen molar-refractivity contribution in [2.45, 2.75) is 0 Å². The number of nitrogens with zero attached hydrogens (tertiary/aromatic N) is 1. The molecule has 3 N–H and O–H groups in total. The topological polar surface area (TPSA) is 71.8 Å². The highest BCUT2D eigenvalue weighted by molar-refractivity contribution is 14.1. The summed E-state index contributed by atoms with van der Waals surface area (Å²) < 4.78 is 0.757. The Kier molecular flexibility index (Phi) is 1.70. The molecule has 1 aromatic rings. The Labute approximate surface area is 64.6 Å². The lowest BCUT2D eigenvalue weighted by Gasteiger charge is -1.90. The van der Waals surface area contributed by atoms with Crippen LogP contribution in [0.1, 0.15) is 0 Å². The van der Waals surface area contributed by atoms with Gasteiger partial charge < -0.3 is 10.7 Å². The van der Waals surface area contributed by atoms with Crippen LogP contribution < -0.4 is 11.4 Å². The van der Waals surface area contributed by atoms with E-state index in [-0.39, 0.29) is 5.82 Å². The number of halogens is 1. The lowest BCUT2D eigenvalue weighted by molar-refractivity contribution is 1.07. The number of hydrogen-bond donors (Lipinski definition) is 2. The van der Waals surface area contributed by atoms with Gasteiger partial charge in [0.15, 0.2) is 0 Å². The number of rotatable bonds is 0. The van der Waals surface area contributed by atoms with Gasteiger partial charge in [0.25, 0.3) is 0 Å². The van der Waals surface area contributed by atoms with Gasteiger partial charge in [0.05, 0.1) is 3.57 Å². The molecule has 0 aliphatic rings. The van der Waals surface area contributed by atoms with Crippen LogP contribution in [0.25, 0.3) is 0 Å². The van der Waals surface area contributed by atoms with E-state index in [1.54, 1.807) is 0 Å². The SMILES string of the molecule is Nc1nc(=O)[nH]cc1I. The molecular weight excluding hydrogens is 233 g/mol. The number of aromatic amines is 1. The Hall–Kier alpha value is -0.590. The first kappa shape index (κ1) is 6.53. The van der Waals surface area contributed by atoms with E-state index in [0.717, 1.165) is 3.57 Å². The number of H-pyrrole nitrogens is 1. The molecule has 4 nitrogen and oxygen atoms in total. The molecule has 0 radical (unpaired) electrons. The normalized spacial score (nSPS) is 9.44. The van der Waals surface area contributed by atoms with E-state index in [1.807, 2.05) is 22.6 Å². The maximum Gasteiger partial charge on any atom is 0.346 e. The molecule has 0 aromatic carbocycles. The van der Waals surface area contributed by atoms with Crippen LogP contribution in [-0.4, -0.2) is 9.97 Å². The average molecular weight is 237 g/mol. The smallest absolute Gasteiger partial charge is 0.346 e. The minimum Gasteiger partial charge on any atom is -0.383 e. The molecule has 1 aromatic heterocycles. The third-order valence-electron chi connectivity index (χ3n) is 0.789. The highest BCUT2D eigenvalue weighted by Gasteiger charge is 1.93. The fourth-order valence-electron chi connectivity index (χ4n) is 0.394. The van der Waals surface area contributed by atoms with Crippen molar-refractivity contribution in [3.05, 3.63) is 20.3 Å². The molecule has 0 saturated heterocycles. The second-order valence-electron chi connectivity index (χ2n) is 1.44. The molecule has 0 unspecified atom stereocenters. The maximum absolute atomic E-state index is 10.4. The number of anilines is 1. The molecule has 0 aliphatic carbocycles. The predicted molar refractivity (Wildman–Crippen MR) is 42.0 cm³/mol. The van der Waals surface area contributed by atoms with E-state index in [0.29, 0.717) is 0 Å². The summed E-state index contributed by atoms with van der Waals surface area (Å²) in [5.74, 6) is 0.277. The molecule has 0 spiro atoms. The van der Waals surface area contributed by atoms with Gasteiger partial charge in [-0.05, 0) is 22.6 Å². The minimum absolute atomic E-state index is 0.277. The molecule has 0 atom stereocenters. The van der Waals surface area contributed by atoms with Crippen molar-refractivity contribution in [2.75, 3.05) is 5.73 Å². The molecule has 1 rings (SSSR count). The fraction of sp³-hybridized carbons (Fsp3) is 0. The molecule has 0 bridgehead atoms. The number of hydrogen-bond acceptors (Lipinski definition) is 3. The Bertz CT molecular complexity index is 269. The largest absolute Gasteiger partial charge is 0.383 e. The first-order chi connectivity index (χ1) is 4.20. The maximum atomic E-state index is 10.4. The van der Waals surface area contributed by atoms with E-state index >= 15 is 0 Å². The van der Waals surface area contributed by atoms with Gasteiger partial charge in [-0.25, -0.2) is 4.79 Å². The Morgan fingerprint density at radius 2 is 2.44 bits per heavy atom. The Morgan fingerprint density at radius 3 is 2.89 bits per heavy atom. The lowest BCUT2D eigenvalue weighted by atomic mass is 10.6. The van der Waals surface area contributed by atoms with E-state index < -0.39 is 5.69 Å². The zero-order chi connectivity index (χ0) is 6.85. The van der Waals surface area contributed by atoms with Crippen LogP contribution in [0.2, 0.25) is 0 Å². The molecule has 0 saturated carbocycles. The number of nitrogen functional groups attached to an aromatic ring is 1. The van der Waals surface area contributed by atoms with E-state index in [4.69, 9.17) is 5.73 Å². The molecule has 9 heavy (non-hydrogen) atoms. The molecule has 5 heteroatoms. The average Bonchev–Trinajstić information content (AvgIpc) is 1.80. The van der Waals surface area contributed by atoms with Crippen LogP contribution >= 0.6 is 22.6 Å². The van der Waals surface area contributed by atoms with Crippen molar-refractivity contribution in [3.63, 3.8) is 0 Å². The van der Waals surface area contributed by atoms with Crippen LogP contribution in [0.5, 0.6) is 0 Å². The zero-order valence-corrected chi connectivity index (χ0v) is 6.55. The van der Waals surface area contributed by atoms with Crippen molar-refractivity contribution in [1.82, 2.24) is 9.97 Å². The summed E-state index contributed by atoms with van der Waals surface area (Å²) in [7, 11) is 0. The lowest BCUT2D eigenvalue weighted by Crippen LogP contribution is -2.12. The minimum atomic E-state index is -0.409. The van der Waals surface area contributed by atoms with Crippen LogP contribution in [0.15, 0.2) is 11.0 Å². The van der Waals surface area contributed by atoms with E-state index in [2.05, 4.69) is 9.97 Å². The van der Waals surface area contributed by atoms with Crippen molar-refractivity contribution in [3.8, 4) is 0 Å². The number of nitrogens with two attached hydrogens (primary N) is 1. The van der Waals surface area contributed by atoms with Crippen LogP contribution in [0.4, 0.5) is 5.82 Å². The van der Waals surface area contributed by atoms with Gasteiger partial charge in [0.1, 0.15) is 5.82 Å². The summed E-state index contributed by atoms with van der Waals surface area (Å²) in [5.41, 5.74) is 4.87. The summed E-state index contributed by atoms with van der Waals surface area (Å²) in [4.78, 5) is 16.2. The molecule has 0 fully saturated rings. The van der Waals surface area contributed by atoms with Gasteiger partial charge in [-0.15, -0.1) is 0 Å². The summed E-state index contributed by atoms with van der Waals surface area (Å²) in [6.07, 6.45) is 1.52. The number of nitrogens with one attached hydrogen (secondary N) is 1. The first-order valence-corrected chi connectivity index (χ1v) is 3.29. The summed E-state index contributed by atoms with van der Waals surface area (Å²) in [6, 6.07) is 0. The predicted octanol–water partition coefficient (Wildman–Crippen LogP) is -0.0433. The zero-order valence-electron chi connectivity index (χ0n) is 4.39. The van der Waals surface area contributed by atoms with Gasteiger partial charge in [-0.2, -0.15) is 4.98 Å². The third-order valence-corrected chi connectivity index (χ3v) is 1.65. The molecule has 0 amide bonds. The first-order valence-electron chi connectivity index (χ1n) is 2.21. The molecule has 0 aliphatic heterocycles. The van der Waals surface area contributed by atoms with Crippen LogP contribution in [-0.2, 0) is 0 Å². The second-order valence-corrected chi connectivity index (χ2v) is 2.60. The second kappa shape index (κ2) is 2.34. The van der Waals surface area contributed by atoms with Crippen molar-refractivity contribution in [1.29, 1.82) is 0 Å². The van der Waals surface area contributed by atoms with Gasteiger partial charge in [-0.3, -0.25) is 0 Å². The van der Waals surface area contributed by atoms with Crippen molar-refractivity contribution in [2.24, 2.45) is 0 Å². The van der Waals surface area contributed by atoms with Gasteiger partial charge in [0, 0.05) is 6.20 Å². The fourth-order valence-corrected chi connectivity index (χ4v) is 0.670. The van der Waals surface area contributed by atoms with Crippen LogP contribution in [0.3, 0.4) is 0 Å². The summed E-state index contributed by atoms with van der Waals surface area (Å²) in [5, 5.41) is 0. The van der Waals surface area contributed by atoms with Gasteiger partial charge >= 0.3 is 5.69 Å². The van der Waals surface area contributed by atoms with Gasteiger partial charge in [0.2, 0.25) is 0 Å². The monoisotopic (exact) mass is 237 g/mol. The van der Waals surface area contributed by atoms with E-state index in [1.165, 1.54) is 6.20 Å². The van der Waals surface area contributed by atoms with Crippen molar-refractivity contribution < 1.29 is 0 Å². The number of aromatic nitrogens is 2. The molecule has 48 valence electrons.